The normalized spacial score (nSPS) is 37.5. The van der Waals surface area contributed by atoms with Crippen LogP contribution in [0, 0.1) is 5.41 Å². The summed E-state index contributed by atoms with van der Waals surface area (Å²) in [4.78, 5) is 0. The molecule has 58 valence electrons. The van der Waals surface area contributed by atoms with Gasteiger partial charge in [0.05, 0.1) is 31.3 Å². The Bertz CT molecular complexity index is 131. The molecule has 1 unspecified atom stereocenters. The Morgan fingerprint density at radius 1 is 1.20 bits per heavy atom. The molecule has 0 aliphatic carbocycles. The molecule has 0 saturated carbocycles. The van der Waals surface area contributed by atoms with Crippen molar-refractivity contribution in [2.45, 2.75) is 12.5 Å². The van der Waals surface area contributed by atoms with Crippen molar-refractivity contribution in [3.05, 3.63) is 0 Å². The van der Waals surface area contributed by atoms with E-state index >= 15 is 0 Å². The van der Waals surface area contributed by atoms with Gasteiger partial charge in [-0.25, -0.2) is 0 Å². The molecule has 3 nitrogen and oxygen atoms in total. The van der Waals surface area contributed by atoms with Crippen LogP contribution >= 0.6 is 0 Å². The van der Waals surface area contributed by atoms with E-state index in [4.69, 9.17) is 9.47 Å². The lowest BCUT2D eigenvalue weighted by Gasteiger charge is -2.47. The molecular formula is C7H12O3. The highest BCUT2D eigenvalue weighted by atomic mass is 16.5. The highest BCUT2D eigenvalue weighted by Gasteiger charge is 2.47. The number of aliphatic hydroxyl groups is 1. The van der Waals surface area contributed by atoms with E-state index in [2.05, 4.69) is 0 Å². The molecule has 0 radical (unpaired) electrons. The Morgan fingerprint density at radius 3 is 2.30 bits per heavy atom. The Morgan fingerprint density at radius 2 is 1.90 bits per heavy atom. The third-order valence-electron chi connectivity index (χ3n) is 2.41. The number of rotatable bonds is 0. The number of hydrogen-bond acceptors (Lipinski definition) is 3. The molecule has 0 aromatic heterocycles. The van der Waals surface area contributed by atoms with Gasteiger partial charge in [-0.1, -0.05) is 0 Å². The number of aliphatic hydroxyl groups excluding tert-OH is 1. The first-order valence-corrected chi connectivity index (χ1v) is 3.67. The standard InChI is InChI=1S/C7H12O3/c8-6-1-2-9-3-7(6)4-10-5-7/h6,8H,1-5H2. The van der Waals surface area contributed by atoms with E-state index in [-0.39, 0.29) is 11.5 Å². The van der Waals surface area contributed by atoms with E-state index in [1.54, 1.807) is 0 Å². The minimum absolute atomic E-state index is 0.0295. The predicted octanol–water partition coefficient (Wildman–Crippen LogP) is -0.216. The quantitative estimate of drug-likeness (QED) is 0.511. The molecule has 2 aliphatic heterocycles. The van der Waals surface area contributed by atoms with Crippen molar-refractivity contribution >= 4 is 0 Å². The maximum Gasteiger partial charge on any atom is 0.0685 e. The molecule has 1 spiro atoms. The van der Waals surface area contributed by atoms with Gasteiger partial charge < -0.3 is 14.6 Å². The minimum atomic E-state index is -0.199. The van der Waals surface area contributed by atoms with E-state index in [0.29, 0.717) is 26.4 Å². The van der Waals surface area contributed by atoms with Gasteiger partial charge in [0.1, 0.15) is 0 Å². The fourth-order valence-corrected chi connectivity index (χ4v) is 1.51. The van der Waals surface area contributed by atoms with Crippen LogP contribution in [0.3, 0.4) is 0 Å². The summed E-state index contributed by atoms with van der Waals surface area (Å²) in [6.45, 7) is 2.72. The van der Waals surface area contributed by atoms with E-state index < -0.39 is 0 Å². The second kappa shape index (κ2) is 2.19. The van der Waals surface area contributed by atoms with Crippen molar-refractivity contribution < 1.29 is 14.6 Å². The van der Waals surface area contributed by atoms with Gasteiger partial charge >= 0.3 is 0 Å². The SMILES string of the molecule is OC1CCOCC12COC2. The molecule has 10 heavy (non-hydrogen) atoms. The van der Waals surface area contributed by atoms with Gasteiger partial charge in [-0.15, -0.1) is 0 Å². The topological polar surface area (TPSA) is 38.7 Å². The Balaban J connectivity index is 2.03. The first-order valence-electron chi connectivity index (χ1n) is 3.67. The van der Waals surface area contributed by atoms with Crippen LogP contribution in [0.25, 0.3) is 0 Å². The second-order valence-electron chi connectivity index (χ2n) is 3.21. The van der Waals surface area contributed by atoms with E-state index in [1.807, 2.05) is 0 Å². The van der Waals surface area contributed by atoms with Crippen molar-refractivity contribution in [1.82, 2.24) is 0 Å². The largest absolute Gasteiger partial charge is 0.392 e. The average Bonchev–Trinajstić information content (AvgIpc) is 1.85. The van der Waals surface area contributed by atoms with Crippen LogP contribution in [-0.2, 0) is 9.47 Å². The third kappa shape index (κ3) is 0.779. The summed E-state index contributed by atoms with van der Waals surface area (Å²) < 4.78 is 10.3. The van der Waals surface area contributed by atoms with Crippen molar-refractivity contribution in [2.75, 3.05) is 26.4 Å². The molecule has 2 fully saturated rings. The van der Waals surface area contributed by atoms with Crippen LogP contribution in [0.2, 0.25) is 0 Å². The summed E-state index contributed by atoms with van der Waals surface area (Å²) in [6, 6.07) is 0. The molecule has 1 N–H and O–H groups in total. The van der Waals surface area contributed by atoms with Gasteiger partial charge in [0, 0.05) is 6.61 Å². The molecule has 1 atom stereocenters. The first kappa shape index (κ1) is 6.58. The monoisotopic (exact) mass is 144 g/mol. The zero-order valence-corrected chi connectivity index (χ0v) is 5.88. The number of ether oxygens (including phenoxy) is 2. The summed E-state index contributed by atoms with van der Waals surface area (Å²) in [5.74, 6) is 0. The fourth-order valence-electron chi connectivity index (χ4n) is 1.51. The summed E-state index contributed by atoms with van der Waals surface area (Å²) in [5, 5.41) is 9.52. The van der Waals surface area contributed by atoms with Crippen LogP contribution in [0.1, 0.15) is 6.42 Å². The van der Waals surface area contributed by atoms with Crippen LogP contribution < -0.4 is 0 Å². The van der Waals surface area contributed by atoms with Crippen LogP contribution in [0.5, 0.6) is 0 Å². The van der Waals surface area contributed by atoms with E-state index in [9.17, 15) is 5.11 Å². The van der Waals surface area contributed by atoms with Gasteiger partial charge in [0.15, 0.2) is 0 Å². The zero-order valence-electron chi connectivity index (χ0n) is 5.88. The van der Waals surface area contributed by atoms with Gasteiger partial charge in [-0.05, 0) is 6.42 Å². The molecule has 0 bridgehead atoms. The van der Waals surface area contributed by atoms with Crippen molar-refractivity contribution in [1.29, 1.82) is 0 Å². The van der Waals surface area contributed by atoms with E-state index in [1.165, 1.54) is 0 Å². The summed E-state index contributed by atoms with van der Waals surface area (Å²) >= 11 is 0. The molecule has 3 heteroatoms. The highest BCUT2D eigenvalue weighted by Crippen LogP contribution is 2.35. The van der Waals surface area contributed by atoms with Crippen molar-refractivity contribution in [3.63, 3.8) is 0 Å². The number of hydrogen-bond donors (Lipinski definition) is 1. The van der Waals surface area contributed by atoms with Crippen LogP contribution in [-0.4, -0.2) is 37.6 Å². The molecular weight excluding hydrogens is 132 g/mol. The summed E-state index contributed by atoms with van der Waals surface area (Å²) in [6.07, 6.45) is 0.568. The van der Waals surface area contributed by atoms with Gasteiger partial charge in [-0.2, -0.15) is 0 Å². The molecule has 2 heterocycles. The predicted molar refractivity (Wildman–Crippen MR) is 34.7 cm³/mol. The Hall–Kier alpha value is -0.120. The minimum Gasteiger partial charge on any atom is -0.392 e. The summed E-state index contributed by atoms with van der Waals surface area (Å²) in [7, 11) is 0. The van der Waals surface area contributed by atoms with Crippen molar-refractivity contribution in [2.24, 2.45) is 5.41 Å². The third-order valence-corrected chi connectivity index (χ3v) is 2.41. The van der Waals surface area contributed by atoms with E-state index in [0.717, 1.165) is 6.42 Å². The van der Waals surface area contributed by atoms with Crippen LogP contribution in [0.4, 0.5) is 0 Å². The van der Waals surface area contributed by atoms with Crippen LogP contribution in [0.15, 0.2) is 0 Å². The maximum atomic E-state index is 9.52. The van der Waals surface area contributed by atoms with Gasteiger partial charge in [-0.3, -0.25) is 0 Å². The molecule has 0 amide bonds. The maximum absolute atomic E-state index is 9.52. The molecule has 0 aromatic carbocycles. The lowest BCUT2D eigenvalue weighted by atomic mass is 9.78. The summed E-state index contributed by atoms with van der Waals surface area (Å²) in [5.41, 5.74) is -0.0295. The Kier molecular flexibility index (Phi) is 1.44. The van der Waals surface area contributed by atoms with Crippen molar-refractivity contribution in [3.8, 4) is 0 Å². The lowest BCUT2D eigenvalue weighted by molar-refractivity contribution is -0.223. The second-order valence-corrected chi connectivity index (χ2v) is 3.21. The zero-order chi connectivity index (χ0) is 7.03. The fraction of sp³-hybridized carbons (Fsp3) is 1.00. The smallest absolute Gasteiger partial charge is 0.0685 e. The lowest BCUT2D eigenvalue weighted by Crippen LogP contribution is -2.57. The molecule has 2 saturated heterocycles. The molecule has 2 rings (SSSR count). The average molecular weight is 144 g/mol. The highest BCUT2D eigenvalue weighted by molar-refractivity contribution is 4.93. The molecule has 2 aliphatic rings. The first-order chi connectivity index (χ1) is 4.83. The Labute approximate surface area is 59.9 Å². The molecule has 0 aromatic rings. The van der Waals surface area contributed by atoms with Gasteiger partial charge in [0.25, 0.3) is 0 Å². The van der Waals surface area contributed by atoms with Gasteiger partial charge in [0.2, 0.25) is 0 Å².